The van der Waals surface area contributed by atoms with Crippen molar-refractivity contribution in [3.63, 3.8) is 0 Å². The molecule has 0 atom stereocenters. The van der Waals surface area contributed by atoms with Crippen molar-refractivity contribution in [2.45, 2.75) is 45.1 Å². The lowest BCUT2D eigenvalue weighted by molar-refractivity contribution is -0.127. The molecule has 1 amide bonds. The van der Waals surface area contributed by atoms with Crippen LogP contribution in [0, 0.1) is 0 Å². The predicted octanol–water partition coefficient (Wildman–Crippen LogP) is 3.17. The molecule has 1 aliphatic heterocycles. The summed E-state index contributed by atoms with van der Waals surface area (Å²) in [5.41, 5.74) is 0.873. The monoisotopic (exact) mass is 361 g/mol. The van der Waals surface area contributed by atoms with Crippen LogP contribution in [-0.4, -0.2) is 39.1 Å². The molecule has 0 bridgehead atoms. The zero-order valence-electron chi connectivity index (χ0n) is 14.5. The SMILES string of the molecule is CC(C)c1noc(C2CCN(C(=O)/C=C/c3cc(CO)cs3)CC2)n1. The Balaban J connectivity index is 1.53. The lowest BCUT2D eigenvalue weighted by Gasteiger charge is -2.29. The van der Waals surface area contributed by atoms with Crippen molar-refractivity contribution in [3.05, 3.63) is 39.7 Å². The summed E-state index contributed by atoms with van der Waals surface area (Å²) in [6.45, 7) is 5.50. The number of carbonyl (C=O) groups is 1. The summed E-state index contributed by atoms with van der Waals surface area (Å²) in [7, 11) is 0. The van der Waals surface area contributed by atoms with Gasteiger partial charge >= 0.3 is 0 Å². The maximum absolute atomic E-state index is 12.3. The number of hydrogen-bond acceptors (Lipinski definition) is 6. The highest BCUT2D eigenvalue weighted by atomic mass is 32.1. The summed E-state index contributed by atoms with van der Waals surface area (Å²) in [5.74, 6) is 1.95. The van der Waals surface area contributed by atoms with Crippen LogP contribution in [0.2, 0.25) is 0 Å². The summed E-state index contributed by atoms with van der Waals surface area (Å²) in [4.78, 5) is 19.6. The fourth-order valence-electron chi connectivity index (χ4n) is 2.82. The standard InChI is InChI=1S/C18H23N3O3S/c1-12(2)17-19-18(24-20-17)14-5-7-21(8-6-14)16(23)4-3-15-9-13(10-22)11-25-15/h3-4,9,11-12,14,22H,5-8,10H2,1-2H3/b4-3+. The van der Waals surface area contributed by atoms with Crippen LogP contribution in [0.3, 0.4) is 0 Å². The van der Waals surface area contributed by atoms with Gasteiger partial charge in [0.15, 0.2) is 5.82 Å². The van der Waals surface area contributed by atoms with Crippen molar-refractivity contribution < 1.29 is 14.4 Å². The number of carbonyl (C=O) groups excluding carboxylic acids is 1. The van der Waals surface area contributed by atoms with Gasteiger partial charge < -0.3 is 14.5 Å². The van der Waals surface area contributed by atoms with E-state index in [4.69, 9.17) is 9.63 Å². The van der Waals surface area contributed by atoms with E-state index in [1.807, 2.05) is 36.3 Å². The predicted molar refractivity (Wildman–Crippen MR) is 96.2 cm³/mol. The van der Waals surface area contributed by atoms with E-state index in [-0.39, 0.29) is 24.3 Å². The maximum Gasteiger partial charge on any atom is 0.246 e. The second kappa shape index (κ2) is 7.93. The van der Waals surface area contributed by atoms with Gasteiger partial charge in [-0.15, -0.1) is 11.3 Å². The van der Waals surface area contributed by atoms with Gasteiger partial charge in [0.1, 0.15) is 0 Å². The lowest BCUT2D eigenvalue weighted by atomic mass is 9.96. The number of hydrogen-bond donors (Lipinski definition) is 1. The van der Waals surface area contributed by atoms with E-state index in [1.54, 1.807) is 6.08 Å². The van der Waals surface area contributed by atoms with Gasteiger partial charge in [-0.05, 0) is 35.9 Å². The molecule has 25 heavy (non-hydrogen) atoms. The van der Waals surface area contributed by atoms with Crippen molar-refractivity contribution in [3.8, 4) is 0 Å². The average Bonchev–Trinajstić information content (AvgIpc) is 3.29. The van der Waals surface area contributed by atoms with Gasteiger partial charge in [0.05, 0.1) is 6.61 Å². The van der Waals surface area contributed by atoms with Gasteiger partial charge in [0, 0.05) is 35.9 Å². The Morgan fingerprint density at radius 1 is 1.48 bits per heavy atom. The highest BCUT2D eigenvalue weighted by molar-refractivity contribution is 7.11. The van der Waals surface area contributed by atoms with E-state index in [1.165, 1.54) is 11.3 Å². The minimum absolute atomic E-state index is 0.0193. The molecule has 1 saturated heterocycles. The molecule has 0 aromatic carbocycles. The van der Waals surface area contributed by atoms with Crippen molar-refractivity contribution in [2.24, 2.45) is 0 Å². The summed E-state index contributed by atoms with van der Waals surface area (Å²) < 4.78 is 5.38. The molecule has 2 aromatic rings. The number of nitrogens with zero attached hydrogens (tertiary/aromatic N) is 3. The van der Waals surface area contributed by atoms with E-state index in [0.29, 0.717) is 19.0 Å². The number of aliphatic hydroxyl groups excluding tert-OH is 1. The second-order valence-electron chi connectivity index (χ2n) is 6.59. The fourth-order valence-corrected chi connectivity index (χ4v) is 3.61. The van der Waals surface area contributed by atoms with Gasteiger partial charge in [-0.3, -0.25) is 4.79 Å². The molecule has 134 valence electrons. The molecule has 6 nitrogen and oxygen atoms in total. The Morgan fingerprint density at radius 2 is 2.24 bits per heavy atom. The molecule has 0 spiro atoms. The summed E-state index contributed by atoms with van der Waals surface area (Å²) >= 11 is 1.52. The first-order valence-corrected chi connectivity index (χ1v) is 9.43. The molecule has 0 radical (unpaired) electrons. The van der Waals surface area contributed by atoms with Crippen LogP contribution in [0.5, 0.6) is 0 Å². The molecule has 0 saturated carbocycles. The molecule has 0 unspecified atom stereocenters. The van der Waals surface area contributed by atoms with Crippen LogP contribution in [-0.2, 0) is 11.4 Å². The summed E-state index contributed by atoms with van der Waals surface area (Å²) in [5, 5.41) is 15.0. The normalized spacial score (nSPS) is 16.2. The van der Waals surface area contributed by atoms with Crippen LogP contribution in [0.1, 0.15) is 60.7 Å². The fraction of sp³-hybridized carbons (Fsp3) is 0.500. The number of rotatable bonds is 5. The van der Waals surface area contributed by atoms with E-state index in [9.17, 15) is 4.79 Å². The highest BCUT2D eigenvalue weighted by Crippen LogP contribution is 2.28. The van der Waals surface area contributed by atoms with Gasteiger partial charge in [0.2, 0.25) is 11.8 Å². The number of likely N-dealkylation sites (tertiary alicyclic amines) is 1. The van der Waals surface area contributed by atoms with Gasteiger partial charge in [-0.1, -0.05) is 19.0 Å². The van der Waals surface area contributed by atoms with Crippen molar-refractivity contribution >= 4 is 23.3 Å². The molecule has 7 heteroatoms. The first-order chi connectivity index (χ1) is 12.1. The van der Waals surface area contributed by atoms with Crippen LogP contribution in [0.25, 0.3) is 6.08 Å². The Labute approximate surface area is 151 Å². The number of aliphatic hydroxyl groups is 1. The first kappa shape index (κ1) is 17.8. The van der Waals surface area contributed by atoms with Gasteiger partial charge in [-0.2, -0.15) is 4.98 Å². The van der Waals surface area contributed by atoms with E-state index in [0.717, 1.165) is 29.1 Å². The molecule has 1 aliphatic rings. The second-order valence-corrected chi connectivity index (χ2v) is 7.54. The maximum atomic E-state index is 12.3. The molecule has 1 N–H and O–H groups in total. The van der Waals surface area contributed by atoms with Crippen LogP contribution < -0.4 is 0 Å². The minimum Gasteiger partial charge on any atom is -0.392 e. The molecule has 3 heterocycles. The smallest absolute Gasteiger partial charge is 0.246 e. The van der Waals surface area contributed by atoms with Crippen LogP contribution in [0.15, 0.2) is 22.0 Å². The van der Waals surface area contributed by atoms with Crippen LogP contribution >= 0.6 is 11.3 Å². The van der Waals surface area contributed by atoms with E-state index < -0.39 is 0 Å². The third-order valence-electron chi connectivity index (χ3n) is 4.38. The lowest BCUT2D eigenvalue weighted by Crippen LogP contribution is -2.36. The molecule has 3 rings (SSSR count). The molecule has 1 fully saturated rings. The minimum atomic E-state index is 0.0193. The average molecular weight is 361 g/mol. The largest absolute Gasteiger partial charge is 0.392 e. The third-order valence-corrected chi connectivity index (χ3v) is 5.32. The van der Waals surface area contributed by atoms with Gasteiger partial charge in [-0.25, -0.2) is 0 Å². The highest BCUT2D eigenvalue weighted by Gasteiger charge is 2.27. The Morgan fingerprint density at radius 3 is 2.84 bits per heavy atom. The van der Waals surface area contributed by atoms with E-state index in [2.05, 4.69) is 10.1 Å². The molecular weight excluding hydrogens is 338 g/mol. The molecular formula is C18H23N3O3S. The third kappa shape index (κ3) is 4.35. The topological polar surface area (TPSA) is 79.5 Å². The molecule has 0 aliphatic carbocycles. The Kier molecular flexibility index (Phi) is 5.65. The zero-order chi connectivity index (χ0) is 17.8. The van der Waals surface area contributed by atoms with Gasteiger partial charge in [0.25, 0.3) is 0 Å². The van der Waals surface area contributed by atoms with Crippen molar-refractivity contribution in [2.75, 3.05) is 13.1 Å². The Bertz CT molecular complexity index is 742. The van der Waals surface area contributed by atoms with E-state index >= 15 is 0 Å². The number of aromatic nitrogens is 2. The van der Waals surface area contributed by atoms with Crippen molar-refractivity contribution in [1.29, 1.82) is 0 Å². The summed E-state index contributed by atoms with van der Waals surface area (Å²) in [6, 6.07) is 1.89. The molecule has 2 aromatic heterocycles. The number of piperidine rings is 1. The van der Waals surface area contributed by atoms with Crippen LogP contribution in [0.4, 0.5) is 0 Å². The quantitative estimate of drug-likeness (QED) is 0.828. The zero-order valence-corrected chi connectivity index (χ0v) is 15.3. The Hall–Kier alpha value is -1.99. The summed E-state index contributed by atoms with van der Waals surface area (Å²) in [6.07, 6.45) is 5.10. The number of thiophene rings is 1. The van der Waals surface area contributed by atoms with Crippen molar-refractivity contribution in [1.82, 2.24) is 15.0 Å². The first-order valence-electron chi connectivity index (χ1n) is 8.55. The number of amides is 1.